The van der Waals surface area contributed by atoms with Crippen molar-refractivity contribution in [3.63, 3.8) is 0 Å². The number of nitrogens with zero attached hydrogens (tertiary/aromatic N) is 2. The van der Waals surface area contributed by atoms with Crippen LogP contribution in [0.2, 0.25) is 0 Å². The zero-order chi connectivity index (χ0) is 10.5. The second kappa shape index (κ2) is 4.57. The van der Waals surface area contributed by atoms with Crippen molar-refractivity contribution in [1.82, 2.24) is 9.97 Å². The van der Waals surface area contributed by atoms with Crippen LogP contribution in [0.15, 0.2) is 42.7 Å². The number of ether oxygens (including phenoxy) is 1. The van der Waals surface area contributed by atoms with Gasteiger partial charge in [-0.3, -0.25) is 0 Å². The highest BCUT2D eigenvalue weighted by Crippen LogP contribution is 2.14. The van der Waals surface area contributed by atoms with Crippen LogP contribution in [0.3, 0.4) is 0 Å². The summed E-state index contributed by atoms with van der Waals surface area (Å²) in [5, 5.41) is 8.80. The van der Waals surface area contributed by atoms with Gasteiger partial charge in [-0.05, 0) is 17.6 Å². The Hall–Kier alpha value is -1.88. The van der Waals surface area contributed by atoms with Crippen LogP contribution < -0.4 is 10.2 Å². The molecular formula is C10H9BN2O2. The fourth-order valence-electron chi connectivity index (χ4n) is 1.07. The Morgan fingerprint density at radius 2 is 1.73 bits per heavy atom. The summed E-state index contributed by atoms with van der Waals surface area (Å²) >= 11 is 0. The molecular weight excluding hydrogens is 191 g/mol. The zero-order valence-corrected chi connectivity index (χ0v) is 8.00. The monoisotopic (exact) mass is 200 g/mol. The SMILES string of the molecule is OBc1cnc(Oc2ccccc2)nc1. The zero-order valence-electron chi connectivity index (χ0n) is 8.00. The second-order valence-corrected chi connectivity index (χ2v) is 2.95. The highest BCUT2D eigenvalue weighted by atomic mass is 16.5. The van der Waals surface area contributed by atoms with E-state index in [9.17, 15) is 0 Å². The van der Waals surface area contributed by atoms with Crippen molar-refractivity contribution in [2.75, 3.05) is 0 Å². The first-order chi connectivity index (χ1) is 7.38. The maximum absolute atomic E-state index is 8.80. The van der Waals surface area contributed by atoms with Gasteiger partial charge in [-0.25, -0.2) is 9.97 Å². The van der Waals surface area contributed by atoms with Gasteiger partial charge >= 0.3 is 13.5 Å². The predicted molar refractivity (Wildman–Crippen MR) is 57.5 cm³/mol. The van der Waals surface area contributed by atoms with Crippen LogP contribution in [0.4, 0.5) is 0 Å². The average molecular weight is 200 g/mol. The molecule has 0 saturated heterocycles. The lowest BCUT2D eigenvalue weighted by atomic mass is 9.92. The van der Waals surface area contributed by atoms with Crippen LogP contribution in [-0.4, -0.2) is 22.5 Å². The molecule has 74 valence electrons. The first-order valence-corrected chi connectivity index (χ1v) is 4.53. The number of hydrogen-bond acceptors (Lipinski definition) is 4. The molecule has 0 aliphatic heterocycles. The third kappa shape index (κ3) is 2.54. The van der Waals surface area contributed by atoms with Gasteiger partial charge in [0.15, 0.2) is 0 Å². The molecule has 0 fully saturated rings. The Bertz CT molecular complexity index is 419. The summed E-state index contributed by atoms with van der Waals surface area (Å²) in [6.07, 6.45) is 3.07. The van der Waals surface area contributed by atoms with Gasteiger partial charge in [0.2, 0.25) is 0 Å². The summed E-state index contributed by atoms with van der Waals surface area (Å²) in [7, 11) is -0.0639. The van der Waals surface area contributed by atoms with Crippen LogP contribution in [0, 0.1) is 0 Å². The molecule has 0 unspecified atom stereocenters. The van der Waals surface area contributed by atoms with E-state index in [0.717, 1.165) is 0 Å². The maximum atomic E-state index is 8.80. The first kappa shape index (κ1) is 9.67. The molecule has 15 heavy (non-hydrogen) atoms. The Morgan fingerprint density at radius 1 is 1.07 bits per heavy atom. The van der Waals surface area contributed by atoms with Crippen molar-refractivity contribution in [3.05, 3.63) is 42.7 Å². The molecule has 1 N–H and O–H groups in total. The summed E-state index contributed by atoms with van der Waals surface area (Å²) in [5.41, 5.74) is 0.662. The van der Waals surface area contributed by atoms with Crippen molar-refractivity contribution in [3.8, 4) is 11.8 Å². The smallest absolute Gasteiger partial charge is 0.321 e. The van der Waals surface area contributed by atoms with E-state index in [4.69, 9.17) is 9.76 Å². The lowest BCUT2D eigenvalue weighted by Gasteiger charge is -2.02. The molecule has 4 nitrogen and oxygen atoms in total. The van der Waals surface area contributed by atoms with E-state index in [0.29, 0.717) is 11.2 Å². The third-order valence-corrected chi connectivity index (χ3v) is 1.82. The molecule has 5 heteroatoms. The van der Waals surface area contributed by atoms with Crippen LogP contribution in [-0.2, 0) is 0 Å². The fraction of sp³-hybridized carbons (Fsp3) is 0. The number of para-hydroxylation sites is 1. The van der Waals surface area contributed by atoms with Gasteiger partial charge in [-0.1, -0.05) is 18.2 Å². The van der Waals surface area contributed by atoms with Crippen molar-refractivity contribution >= 4 is 12.9 Å². The van der Waals surface area contributed by atoms with Crippen molar-refractivity contribution < 1.29 is 9.76 Å². The molecule has 0 radical (unpaired) electrons. The summed E-state index contributed by atoms with van der Waals surface area (Å²) < 4.78 is 5.37. The van der Waals surface area contributed by atoms with Gasteiger partial charge in [-0.2, -0.15) is 0 Å². The molecule has 0 saturated carbocycles. The lowest BCUT2D eigenvalue weighted by molar-refractivity contribution is 0.442. The lowest BCUT2D eigenvalue weighted by Crippen LogP contribution is -2.14. The van der Waals surface area contributed by atoms with Gasteiger partial charge in [0.1, 0.15) is 5.75 Å². The number of rotatable bonds is 3. The molecule has 2 rings (SSSR count). The molecule has 1 heterocycles. The highest BCUT2D eigenvalue weighted by molar-refractivity contribution is 6.45. The first-order valence-electron chi connectivity index (χ1n) is 4.53. The summed E-state index contributed by atoms with van der Waals surface area (Å²) in [6.45, 7) is 0. The van der Waals surface area contributed by atoms with Gasteiger partial charge in [0, 0.05) is 12.4 Å². The van der Waals surface area contributed by atoms with Gasteiger partial charge in [0.05, 0.1) is 0 Å². The van der Waals surface area contributed by atoms with Crippen LogP contribution >= 0.6 is 0 Å². The molecule has 0 atom stereocenters. The highest BCUT2D eigenvalue weighted by Gasteiger charge is 2.00. The van der Waals surface area contributed by atoms with E-state index in [1.807, 2.05) is 30.3 Å². The van der Waals surface area contributed by atoms with E-state index in [1.54, 1.807) is 0 Å². The summed E-state index contributed by atoms with van der Waals surface area (Å²) in [5.74, 6) is 0.689. The minimum absolute atomic E-state index is 0.0639. The topological polar surface area (TPSA) is 55.2 Å². The van der Waals surface area contributed by atoms with Gasteiger partial charge in [0.25, 0.3) is 0 Å². The maximum Gasteiger partial charge on any atom is 0.321 e. The molecule has 0 aliphatic carbocycles. The van der Waals surface area contributed by atoms with Crippen LogP contribution in [0.25, 0.3) is 0 Å². The number of hydrogen-bond donors (Lipinski definition) is 1. The van der Waals surface area contributed by atoms with Crippen LogP contribution in [0.5, 0.6) is 11.8 Å². The van der Waals surface area contributed by atoms with Crippen molar-refractivity contribution in [2.45, 2.75) is 0 Å². The molecule has 2 aromatic rings. The van der Waals surface area contributed by atoms with Crippen LogP contribution in [0.1, 0.15) is 0 Å². The van der Waals surface area contributed by atoms with Crippen molar-refractivity contribution in [2.24, 2.45) is 0 Å². The molecule has 0 bridgehead atoms. The molecule has 0 amide bonds. The number of benzene rings is 1. The molecule has 1 aromatic carbocycles. The quantitative estimate of drug-likeness (QED) is 0.721. The predicted octanol–water partition coefficient (Wildman–Crippen LogP) is 0.238. The Labute approximate surface area is 87.9 Å². The molecule has 1 aromatic heterocycles. The van der Waals surface area contributed by atoms with Gasteiger partial charge < -0.3 is 9.76 Å². The minimum atomic E-state index is -0.0639. The van der Waals surface area contributed by atoms with E-state index < -0.39 is 0 Å². The molecule has 0 aliphatic rings. The normalized spacial score (nSPS) is 9.67. The minimum Gasteiger partial charge on any atom is -0.449 e. The molecule has 0 spiro atoms. The fourth-order valence-corrected chi connectivity index (χ4v) is 1.07. The largest absolute Gasteiger partial charge is 0.449 e. The van der Waals surface area contributed by atoms with E-state index in [-0.39, 0.29) is 13.5 Å². The van der Waals surface area contributed by atoms with E-state index >= 15 is 0 Å². The van der Waals surface area contributed by atoms with E-state index in [1.165, 1.54) is 12.4 Å². The second-order valence-electron chi connectivity index (χ2n) is 2.95. The van der Waals surface area contributed by atoms with Gasteiger partial charge in [-0.15, -0.1) is 0 Å². The third-order valence-electron chi connectivity index (χ3n) is 1.82. The Balaban J connectivity index is 2.11. The standard InChI is InChI=1S/C10H9BN2O2/c14-11-8-6-12-10(13-7-8)15-9-4-2-1-3-5-9/h1-7,11,14H. The summed E-state index contributed by atoms with van der Waals surface area (Å²) in [4.78, 5) is 7.90. The Morgan fingerprint density at radius 3 is 2.33 bits per heavy atom. The Kier molecular flexibility index (Phi) is 2.95. The average Bonchev–Trinajstić information content (AvgIpc) is 2.31. The number of aromatic nitrogens is 2. The van der Waals surface area contributed by atoms with E-state index in [2.05, 4.69) is 9.97 Å². The summed E-state index contributed by atoms with van der Waals surface area (Å²) in [6, 6.07) is 9.57. The van der Waals surface area contributed by atoms with Crippen molar-refractivity contribution in [1.29, 1.82) is 0 Å².